The highest BCUT2D eigenvalue weighted by molar-refractivity contribution is 5.91. The lowest BCUT2D eigenvalue weighted by Crippen LogP contribution is -2.43. The van der Waals surface area contributed by atoms with Crippen molar-refractivity contribution in [3.8, 4) is 17.2 Å². The van der Waals surface area contributed by atoms with E-state index in [0.29, 0.717) is 31.3 Å². The number of morpholine rings is 1. The molecule has 32 heavy (non-hydrogen) atoms. The van der Waals surface area contributed by atoms with Gasteiger partial charge in [0.15, 0.2) is 17.2 Å². The Morgan fingerprint density at radius 1 is 1.09 bits per heavy atom. The van der Waals surface area contributed by atoms with E-state index in [-0.39, 0.29) is 17.6 Å². The van der Waals surface area contributed by atoms with E-state index in [1.165, 1.54) is 11.0 Å². The lowest BCUT2D eigenvalue weighted by atomic mass is 10.0. The summed E-state index contributed by atoms with van der Waals surface area (Å²) in [6.07, 6.45) is 1.47. The number of amides is 1. The summed E-state index contributed by atoms with van der Waals surface area (Å²) in [6.45, 7) is 3.27. The van der Waals surface area contributed by atoms with Crippen LogP contribution in [-0.4, -0.2) is 72.9 Å². The van der Waals surface area contributed by atoms with Gasteiger partial charge in [0.1, 0.15) is 0 Å². The average molecular weight is 438 g/mol. The van der Waals surface area contributed by atoms with Gasteiger partial charge in [-0.1, -0.05) is 24.3 Å². The quantitative estimate of drug-likeness (QED) is 0.577. The van der Waals surface area contributed by atoms with Gasteiger partial charge in [-0.3, -0.25) is 9.69 Å². The van der Waals surface area contributed by atoms with Crippen LogP contribution in [0.15, 0.2) is 54.7 Å². The Bertz CT molecular complexity index is 1030. The van der Waals surface area contributed by atoms with Gasteiger partial charge in [0.2, 0.25) is 0 Å². The zero-order chi connectivity index (χ0) is 22.3. The lowest BCUT2D eigenvalue weighted by Gasteiger charge is -2.35. The maximum atomic E-state index is 12.8. The second-order valence-electron chi connectivity index (χ2n) is 7.34. The van der Waals surface area contributed by atoms with E-state index in [9.17, 15) is 4.79 Å². The molecule has 0 spiro atoms. The molecule has 2 heterocycles. The molecule has 1 atom stereocenters. The van der Waals surface area contributed by atoms with Crippen LogP contribution in [0.2, 0.25) is 0 Å². The van der Waals surface area contributed by atoms with Crippen LogP contribution in [0.3, 0.4) is 0 Å². The molecule has 0 saturated carbocycles. The van der Waals surface area contributed by atoms with E-state index in [1.54, 1.807) is 14.2 Å². The minimum absolute atomic E-state index is 0.0492. The standard InChI is InChI=1S/C23H27N5O4/c1-30-21-9-8-17(14-22(21)31-2)20(27-10-12-32-13-11-27)16-24-23(29)19-15-25-28(26-19)18-6-4-3-5-7-18/h3-9,14-15,20H,10-13,16H2,1-2H3,(H,24,29). The van der Waals surface area contributed by atoms with Gasteiger partial charge in [0.25, 0.3) is 5.91 Å². The topological polar surface area (TPSA) is 90.7 Å². The first kappa shape index (κ1) is 21.8. The number of benzene rings is 2. The second kappa shape index (κ2) is 10.3. The maximum absolute atomic E-state index is 12.8. The molecule has 0 aliphatic carbocycles. The van der Waals surface area contributed by atoms with E-state index >= 15 is 0 Å². The molecule has 1 aliphatic rings. The van der Waals surface area contributed by atoms with Crippen molar-refractivity contribution in [1.82, 2.24) is 25.2 Å². The molecule has 0 bridgehead atoms. The summed E-state index contributed by atoms with van der Waals surface area (Å²) in [5.74, 6) is 1.05. The van der Waals surface area contributed by atoms with Crippen LogP contribution in [0.25, 0.3) is 5.69 Å². The summed E-state index contributed by atoms with van der Waals surface area (Å²) in [5, 5.41) is 11.5. The Labute approximate surface area is 186 Å². The van der Waals surface area contributed by atoms with Crippen molar-refractivity contribution >= 4 is 5.91 Å². The predicted molar refractivity (Wildman–Crippen MR) is 118 cm³/mol. The minimum Gasteiger partial charge on any atom is -0.493 e. The third-order valence-electron chi connectivity index (χ3n) is 5.45. The Hall–Kier alpha value is -3.43. The van der Waals surface area contributed by atoms with Crippen LogP contribution in [0.4, 0.5) is 0 Å². The highest BCUT2D eigenvalue weighted by atomic mass is 16.5. The molecule has 9 nitrogen and oxygen atoms in total. The number of aromatic nitrogens is 3. The number of ether oxygens (including phenoxy) is 3. The molecule has 1 amide bonds. The smallest absolute Gasteiger partial charge is 0.273 e. The number of rotatable bonds is 8. The van der Waals surface area contributed by atoms with Crippen LogP contribution in [0, 0.1) is 0 Å². The molecule has 168 valence electrons. The molecular weight excluding hydrogens is 410 g/mol. The summed E-state index contributed by atoms with van der Waals surface area (Å²) in [5.41, 5.74) is 2.09. The second-order valence-corrected chi connectivity index (χ2v) is 7.34. The van der Waals surface area contributed by atoms with Crippen molar-refractivity contribution < 1.29 is 19.0 Å². The van der Waals surface area contributed by atoms with E-state index in [0.717, 1.165) is 24.3 Å². The van der Waals surface area contributed by atoms with Gasteiger partial charge in [-0.2, -0.15) is 9.90 Å². The largest absolute Gasteiger partial charge is 0.493 e. The van der Waals surface area contributed by atoms with Gasteiger partial charge < -0.3 is 19.5 Å². The number of carbonyl (C=O) groups excluding carboxylic acids is 1. The summed E-state index contributed by atoms with van der Waals surface area (Å²) < 4.78 is 16.4. The molecule has 1 N–H and O–H groups in total. The molecule has 1 fully saturated rings. The molecular formula is C23H27N5O4. The van der Waals surface area contributed by atoms with E-state index in [4.69, 9.17) is 14.2 Å². The summed E-state index contributed by atoms with van der Waals surface area (Å²) >= 11 is 0. The number of nitrogens with one attached hydrogen (secondary N) is 1. The fourth-order valence-corrected chi connectivity index (χ4v) is 3.74. The first-order valence-electron chi connectivity index (χ1n) is 10.5. The summed E-state index contributed by atoms with van der Waals surface area (Å²) in [4.78, 5) is 16.6. The number of hydrogen-bond acceptors (Lipinski definition) is 7. The van der Waals surface area contributed by atoms with Crippen molar-refractivity contribution in [2.45, 2.75) is 6.04 Å². The number of carbonyl (C=O) groups is 1. The van der Waals surface area contributed by atoms with Gasteiger partial charge in [-0.05, 0) is 29.8 Å². The Kier molecular flexibility index (Phi) is 6.98. The predicted octanol–water partition coefficient (Wildman–Crippen LogP) is 2.09. The van der Waals surface area contributed by atoms with Crippen molar-refractivity contribution in [2.24, 2.45) is 0 Å². The summed E-state index contributed by atoms with van der Waals surface area (Å²) in [6, 6.07) is 15.3. The first-order valence-corrected chi connectivity index (χ1v) is 10.5. The molecule has 1 aliphatic heterocycles. The van der Waals surface area contributed by atoms with Crippen molar-refractivity contribution in [3.05, 3.63) is 66.0 Å². The van der Waals surface area contributed by atoms with E-state index in [1.807, 2.05) is 48.5 Å². The molecule has 1 saturated heterocycles. The molecule has 1 aromatic heterocycles. The van der Waals surface area contributed by atoms with Gasteiger partial charge in [0.05, 0.1) is 45.4 Å². The highest BCUT2D eigenvalue weighted by Gasteiger charge is 2.25. The number of hydrogen-bond donors (Lipinski definition) is 1. The molecule has 4 rings (SSSR count). The molecule has 9 heteroatoms. The van der Waals surface area contributed by atoms with E-state index in [2.05, 4.69) is 20.4 Å². The van der Waals surface area contributed by atoms with Crippen molar-refractivity contribution in [3.63, 3.8) is 0 Å². The first-order chi connectivity index (χ1) is 15.7. The monoisotopic (exact) mass is 437 g/mol. The van der Waals surface area contributed by atoms with Crippen LogP contribution >= 0.6 is 0 Å². The fraction of sp³-hybridized carbons (Fsp3) is 0.348. The van der Waals surface area contributed by atoms with E-state index < -0.39 is 0 Å². The van der Waals surface area contributed by atoms with Crippen LogP contribution in [0.1, 0.15) is 22.1 Å². The maximum Gasteiger partial charge on any atom is 0.273 e. The third-order valence-corrected chi connectivity index (χ3v) is 5.45. The average Bonchev–Trinajstić information content (AvgIpc) is 3.36. The van der Waals surface area contributed by atoms with Crippen LogP contribution < -0.4 is 14.8 Å². The molecule has 0 radical (unpaired) electrons. The highest BCUT2D eigenvalue weighted by Crippen LogP contribution is 2.32. The Balaban J connectivity index is 1.50. The molecule has 2 aromatic carbocycles. The van der Waals surface area contributed by atoms with Gasteiger partial charge in [-0.25, -0.2) is 0 Å². The lowest BCUT2D eigenvalue weighted by molar-refractivity contribution is 0.0161. The minimum atomic E-state index is -0.272. The Morgan fingerprint density at radius 3 is 2.56 bits per heavy atom. The number of nitrogens with zero attached hydrogens (tertiary/aromatic N) is 4. The van der Waals surface area contributed by atoms with Crippen molar-refractivity contribution in [1.29, 1.82) is 0 Å². The van der Waals surface area contributed by atoms with Crippen molar-refractivity contribution in [2.75, 3.05) is 47.1 Å². The normalized spacial score (nSPS) is 15.2. The fourth-order valence-electron chi connectivity index (χ4n) is 3.74. The zero-order valence-corrected chi connectivity index (χ0v) is 18.2. The van der Waals surface area contributed by atoms with Crippen LogP contribution in [-0.2, 0) is 4.74 Å². The Morgan fingerprint density at radius 2 is 1.84 bits per heavy atom. The van der Waals surface area contributed by atoms with Gasteiger partial charge >= 0.3 is 0 Å². The molecule has 1 unspecified atom stereocenters. The molecule has 3 aromatic rings. The zero-order valence-electron chi connectivity index (χ0n) is 18.2. The van der Waals surface area contributed by atoms with Gasteiger partial charge in [-0.15, -0.1) is 5.10 Å². The number of para-hydroxylation sites is 1. The van der Waals surface area contributed by atoms with Gasteiger partial charge in [0, 0.05) is 19.6 Å². The number of methoxy groups -OCH3 is 2. The third kappa shape index (κ3) is 4.90. The summed E-state index contributed by atoms with van der Waals surface area (Å²) in [7, 11) is 3.23. The van der Waals surface area contributed by atoms with Crippen LogP contribution in [0.5, 0.6) is 11.5 Å². The SMILES string of the molecule is COc1ccc(C(CNC(=O)c2cnn(-c3ccccc3)n2)N2CCOCC2)cc1OC.